The number of aromatic nitrogens is 2. The lowest BCUT2D eigenvalue weighted by Crippen LogP contribution is -2.04. The first-order valence-corrected chi connectivity index (χ1v) is 4.97. The van der Waals surface area contributed by atoms with E-state index in [1.54, 1.807) is 36.8 Å². The second kappa shape index (κ2) is 5.07. The first-order chi connectivity index (χ1) is 8.27. The molecule has 0 fully saturated rings. The number of benzene rings is 1. The normalized spacial score (nSPS) is 9.88. The van der Waals surface area contributed by atoms with Gasteiger partial charge in [-0.2, -0.15) is 0 Å². The molecule has 0 atom stereocenters. The fourth-order valence-electron chi connectivity index (χ4n) is 1.33. The third-order valence-corrected chi connectivity index (χ3v) is 2.11. The number of rotatable bonds is 4. The van der Waals surface area contributed by atoms with E-state index in [4.69, 9.17) is 9.84 Å². The van der Waals surface area contributed by atoms with Gasteiger partial charge in [0.15, 0.2) is 0 Å². The zero-order valence-electron chi connectivity index (χ0n) is 8.91. The molecule has 0 aliphatic heterocycles. The van der Waals surface area contributed by atoms with Crippen LogP contribution in [0.15, 0.2) is 42.9 Å². The number of ether oxygens (including phenoxy) is 1. The number of carbonyl (C=O) groups is 1. The number of hydrogen-bond donors (Lipinski definition) is 1. The summed E-state index contributed by atoms with van der Waals surface area (Å²) in [7, 11) is 0. The fraction of sp³-hybridized carbons (Fsp3) is 0.0833. The molecule has 86 valence electrons. The summed E-state index contributed by atoms with van der Waals surface area (Å²) in [5, 5.41) is 8.95. The molecule has 2 rings (SSSR count). The molecule has 0 aliphatic rings. The Balaban J connectivity index is 2.12. The Bertz CT molecular complexity index is 514. The quantitative estimate of drug-likeness (QED) is 0.866. The summed E-state index contributed by atoms with van der Waals surface area (Å²) < 4.78 is 5.40. The summed E-state index contributed by atoms with van der Waals surface area (Å²) in [6.45, 7) is 0.193. The highest BCUT2D eigenvalue weighted by Crippen LogP contribution is 2.18. The molecule has 1 heterocycles. The second-order valence-electron chi connectivity index (χ2n) is 3.29. The van der Waals surface area contributed by atoms with Crippen LogP contribution in [0.2, 0.25) is 0 Å². The Hall–Kier alpha value is -2.43. The first-order valence-electron chi connectivity index (χ1n) is 4.97. The molecule has 0 unspecified atom stereocenters. The average Bonchev–Trinajstić information content (AvgIpc) is 2.38. The zero-order valence-corrected chi connectivity index (χ0v) is 8.91. The number of carboxylic acids is 1. The van der Waals surface area contributed by atoms with Crippen molar-refractivity contribution in [3.8, 4) is 5.75 Å². The predicted octanol–water partition coefficient (Wildman–Crippen LogP) is 1.75. The molecular formula is C12H10N2O3. The minimum atomic E-state index is -1.01. The lowest BCUT2D eigenvalue weighted by atomic mass is 10.2. The van der Waals surface area contributed by atoms with Crippen molar-refractivity contribution >= 4 is 5.97 Å². The van der Waals surface area contributed by atoms with E-state index in [-0.39, 0.29) is 12.2 Å². The Kier molecular flexibility index (Phi) is 3.30. The van der Waals surface area contributed by atoms with E-state index in [0.29, 0.717) is 11.4 Å². The van der Waals surface area contributed by atoms with Crippen LogP contribution in [0.5, 0.6) is 5.75 Å². The molecule has 5 nitrogen and oxygen atoms in total. The maximum absolute atomic E-state index is 10.9. The molecule has 1 aromatic carbocycles. The maximum Gasteiger partial charge on any atom is 0.339 e. The Morgan fingerprint density at radius 1 is 1.29 bits per heavy atom. The van der Waals surface area contributed by atoms with E-state index in [1.165, 1.54) is 6.07 Å². The lowest BCUT2D eigenvalue weighted by Gasteiger charge is -2.07. The van der Waals surface area contributed by atoms with Gasteiger partial charge >= 0.3 is 5.97 Å². The van der Waals surface area contributed by atoms with Gasteiger partial charge in [0, 0.05) is 12.4 Å². The Morgan fingerprint density at radius 2 is 2.12 bits per heavy atom. The number of aromatic carboxylic acids is 1. The van der Waals surface area contributed by atoms with E-state index in [0.717, 1.165) is 0 Å². The van der Waals surface area contributed by atoms with Crippen LogP contribution < -0.4 is 4.74 Å². The minimum Gasteiger partial charge on any atom is -0.486 e. The van der Waals surface area contributed by atoms with Crippen LogP contribution in [0.1, 0.15) is 16.1 Å². The van der Waals surface area contributed by atoms with Gasteiger partial charge in [0.1, 0.15) is 17.9 Å². The largest absolute Gasteiger partial charge is 0.486 e. The highest BCUT2D eigenvalue weighted by Gasteiger charge is 2.10. The van der Waals surface area contributed by atoms with Gasteiger partial charge in [-0.1, -0.05) is 12.1 Å². The Morgan fingerprint density at radius 3 is 2.82 bits per heavy atom. The molecule has 1 aromatic heterocycles. The minimum absolute atomic E-state index is 0.136. The predicted molar refractivity (Wildman–Crippen MR) is 59.8 cm³/mol. The average molecular weight is 230 g/mol. The molecule has 0 saturated carbocycles. The van der Waals surface area contributed by atoms with Gasteiger partial charge in [-0.3, -0.25) is 9.97 Å². The molecule has 17 heavy (non-hydrogen) atoms. The smallest absolute Gasteiger partial charge is 0.339 e. The standard InChI is InChI=1S/C12H10N2O3/c15-12(16)10-3-1-2-4-11(10)17-8-9-7-13-5-6-14-9/h1-7H,8H2,(H,15,16). The summed E-state index contributed by atoms with van der Waals surface area (Å²) in [6, 6.07) is 6.48. The van der Waals surface area contributed by atoms with E-state index >= 15 is 0 Å². The molecule has 1 N–H and O–H groups in total. The van der Waals surface area contributed by atoms with Crippen LogP contribution in [0.3, 0.4) is 0 Å². The Labute approximate surface area is 97.7 Å². The molecule has 0 bridgehead atoms. The molecule has 0 radical (unpaired) electrons. The number of nitrogens with zero attached hydrogens (tertiary/aromatic N) is 2. The third kappa shape index (κ3) is 2.78. The molecular weight excluding hydrogens is 220 g/mol. The van der Waals surface area contributed by atoms with E-state index in [1.807, 2.05) is 0 Å². The van der Waals surface area contributed by atoms with Crippen molar-refractivity contribution in [1.29, 1.82) is 0 Å². The van der Waals surface area contributed by atoms with Crippen LogP contribution in [-0.4, -0.2) is 21.0 Å². The molecule has 0 amide bonds. The number of carboxylic acid groups (broad SMARTS) is 1. The highest BCUT2D eigenvalue weighted by atomic mass is 16.5. The van der Waals surface area contributed by atoms with Crippen molar-refractivity contribution in [3.63, 3.8) is 0 Å². The number of hydrogen-bond acceptors (Lipinski definition) is 4. The number of para-hydroxylation sites is 1. The summed E-state index contributed by atoms with van der Waals surface area (Å²) in [5.74, 6) is -0.689. The van der Waals surface area contributed by atoms with Crippen molar-refractivity contribution in [3.05, 3.63) is 54.1 Å². The van der Waals surface area contributed by atoms with Crippen molar-refractivity contribution in [1.82, 2.24) is 9.97 Å². The van der Waals surface area contributed by atoms with Crippen molar-refractivity contribution < 1.29 is 14.6 Å². The zero-order chi connectivity index (χ0) is 12.1. The lowest BCUT2D eigenvalue weighted by molar-refractivity contribution is 0.0691. The van der Waals surface area contributed by atoms with E-state index in [9.17, 15) is 4.79 Å². The molecule has 0 saturated heterocycles. The molecule has 2 aromatic rings. The van der Waals surface area contributed by atoms with Crippen LogP contribution in [0.25, 0.3) is 0 Å². The highest BCUT2D eigenvalue weighted by molar-refractivity contribution is 5.90. The maximum atomic E-state index is 10.9. The molecule has 5 heteroatoms. The first kappa shape index (κ1) is 11.1. The summed E-state index contributed by atoms with van der Waals surface area (Å²) >= 11 is 0. The van der Waals surface area contributed by atoms with Crippen LogP contribution in [0, 0.1) is 0 Å². The van der Waals surface area contributed by atoms with Crippen LogP contribution in [0.4, 0.5) is 0 Å². The fourth-order valence-corrected chi connectivity index (χ4v) is 1.33. The SMILES string of the molecule is O=C(O)c1ccccc1OCc1cnccn1. The van der Waals surface area contributed by atoms with Gasteiger partial charge in [0.25, 0.3) is 0 Å². The second-order valence-corrected chi connectivity index (χ2v) is 3.29. The molecule has 0 aliphatic carbocycles. The van der Waals surface area contributed by atoms with Gasteiger partial charge in [0.05, 0.1) is 11.9 Å². The van der Waals surface area contributed by atoms with Crippen molar-refractivity contribution in [2.45, 2.75) is 6.61 Å². The van der Waals surface area contributed by atoms with Gasteiger partial charge in [-0.25, -0.2) is 4.79 Å². The third-order valence-electron chi connectivity index (χ3n) is 2.11. The van der Waals surface area contributed by atoms with Crippen molar-refractivity contribution in [2.75, 3.05) is 0 Å². The van der Waals surface area contributed by atoms with Gasteiger partial charge < -0.3 is 9.84 Å². The van der Waals surface area contributed by atoms with Crippen LogP contribution >= 0.6 is 0 Å². The monoisotopic (exact) mass is 230 g/mol. The van der Waals surface area contributed by atoms with E-state index in [2.05, 4.69) is 9.97 Å². The molecule has 0 spiro atoms. The topological polar surface area (TPSA) is 72.3 Å². The van der Waals surface area contributed by atoms with Gasteiger partial charge in [-0.15, -0.1) is 0 Å². The van der Waals surface area contributed by atoms with Gasteiger partial charge in [-0.05, 0) is 12.1 Å². The van der Waals surface area contributed by atoms with Crippen LogP contribution in [-0.2, 0) is 6.61 Å². The van der Waals surface area contributed by atoms with E-state index < -0.39 is 5.97 Å². The summed E-state index contributed by atoms with van der Waals surface area (Å²) in [6.07, 6.45) is 4.69. The summed E-state index contributed by atoms with van der Waals surface area (Å²) in [4.78, 5) is 18.9. The van der Waals surface area contributed by atoms with Gasteiger partial charge in [0.2, 0.25) is 0 Å². The van der Waals surface area contributed by atoms with Crippen molar-refractivity contribution in [2.24, 2.45) is 0 Å². The summed E-state index contributed by atoms with van der Waals surface area (Å²) in [5.41, 5.74) is 0.782.